The maximum absolute atomic E-state index is 6.80. The third-order valence-electron chi connectivity index (χ3n) is 9.49. The molecular weight excluding hydrogens is 589 g/mol. The number of rotatable bonds is 7. The smallest absolute Gasteiger partial charge is 0.455 e. The Morgan fingerprint density at radius 2 is 1.31 bits per heavy atom. The van der Waals surface area contributed by atoms with Gasteiger partial charge in [0.1, 0.15) is 11.2 Å². The third-order valence-corrected chi connectivity index (χ3v) is 9.49. The van der Waals surface area contributed by atoms with Crippen LogP contribution in [0.15, 0.2) is 149 Å². The topological polar surface area (TPSA) is 44.0 Å². The van der Waals surface area contributed by atoms with Crippen LogP contribution in [0.3, 0.4) is 0 Å². The van der Waals surface area contributed by atoms with Crippen LogP contribution < -0.4 is 5.46 Å². The highest BCUT2D eigenvalue weighted by Gasteiger charge is 2.52. The summed E-state index contributed by atoms with van der Waals surface area (Å²) < 4.78 is 19.9. The van der Waals surface area contributed by atoms with Crippen LogP contribution in [0.4, 0.5) is 0 Å². The van der Waals surface area contributed by atoms with Gasteiger partial charge < -0.3 is 13.7 Å². The summed E-state index contributed by atoms with van der Waals surface area (Å²) >= 11 is 0. The van der Waals surface area contributed by atoms with Crippen molar-refractivity contribution in [3.05, 3.63) is 156 Å². The summed E-state index contributed by atoms with van der Waals surface area (Å²) in [6, 6.07) is 41.1. The number of nitrogens with zero attached hydrogens (tertiary/aromatic N) is 1. The summed E-state index contributed by atoms with van der Waals surface area (Å²) in [6.45, 7) is 14.6. The molecule has 0 spiro atoms. The van der Waals surface area contributed by atoms with Gasteiger partial charge in [0, 0.05) is 39.1 Å². The van der Waals surface area contributed by atoms with Gasteiger partial charge in [-0.05, 0) is 51.2 Å². The molecule has 0 unspecified atom stereocenters. The molecule has 236 valence electrons. The van der Waals surface area contributed by atoms with Gasteiger partial charge in [0.05, 0.1) is 22.6 Å². The van der Waals surface area contributed by atoms with Crippen molar-refractivity contribution in [2.24, 2.45) is 4.99 Å². The standard InChI is InChI=1S/C43H38BNO3/c1-29(25-26-39(33-21-14-9-15-22-33)45-30(2)31-17-10-7-11-18-31)37-27-34(44-47-42(3,4)43(5,6)48-44)28-38-36-24-16-23-35(40(36)46-41(37)38)32-19-12-8-13-20-32/h7-24,26-28H,2H2,1,3-6H3. The van der Waals surface area contributed by atoms with Crippen molar-refractivity contribution in [2.75, 3.05) is 0 Å². The second-order valence-electron chi connectivity index (χ2n) is 13.3. The zero-order valence-electron chi connectivity index (χ0n) is 28.1. The molecule has 7 rings (SSSR count). The number of hydrogen-bond donors (Lipinski definition) is 0. The van der Waals surface area contributed by atoms with Gasteiger partial charge in [-0.15, -0.1) is 5.73 Å². The zero-order chi connectivity index (χ0) is 33.5. The largest absolute Gasteiger partial charge is 0.494 e. The lowest BCUT2D eigenvalue weighted by atomic mass is 9.77. The molecular formula is C43H38BNO3. The first-order valence-electron chi connectivity index (χ1n) is 16.3. The van der Waals surface area contributed by atoms with Crippen molar-refractivity contribution in [1.82, 2.24) is 0 Å². The van der Waals surface area contributed by atoms with Crippen molar-refractivity contribution >= 4 is 51.5 Å². The Kier molecular flexibility index (Phi) is 8.15. The summed E-state index contributed by atoms with van der Waals surface area (Å²) in [7, 11) is -0.534. The predicted octanol–water partition coefficient (Wildman–Crippen LogP) is 10.3. The van der Waals surface area contributed by atoms with Gasteiger partial charge in [-0.2, -0.15) is 0 Å². The van der Waals surface area contributed by atoms with Crippen molar-refractivity contribution in [3.63, 3.8) is 0 Å². The van der Waals surface area contributed by atoms with E-state index in [1.54, 1.807) is 0 Å². The first-order valence-corrected chi connectivity index (χ1v) is 16.3. The van der Waals surface area contributed by atoms with Gasteiger partial charge in [-0.25, -0.2) is 4.99 Å². The molecule has 0 radical (unpaired) electrons. The molecule has 1 aliphatic heterocycles. The van der Waals surface area contributed by atoms with Crippen LogP contribution in [0.1, 0.15) is 51.3 Å². The molecule has 48 heavy (non-hydrogen) atoms. The SMILES string of the molecule is C=C(N=C(C=C=C(C)c1cc(B2OC(C)(C)C(C)(C)O2)cc2c1oc1c(-c3ccccc3)cccc12)c1ccccc1)c1ccccc1. The Labute approximate surface area is 282 Å². The maximum Gasteiger partial charge on any atom is 0.494 e. The molecule has 5 heteroatoms. The van der Waals surface area contributed by atoms with Crippen molar-refractivity contribution in [3.8, 4) is 11.1 Å². The molecule has 1 saturated heterocycles. The van der Waals surface area contributed by atoms with Crippen molar-refractivity contribution < 1.29 is 13.7 Å². The van der Waals surface area contributed by atoms with Gasteiger partial charge >= 0.3 is 7.12 Å². The van der Waals surface area contributed by atoms with E-state index in [2.05, 4.69) is 102 Å². The number of hydrogen-bond acceptors (Lipinski definition) is 4. The Morgan fingerprint density at radius 3 is 1.96 bits per heavy atom. The summed E-state index contributed by atoms with van der Waals surface area (Å²) in [4.78, 5) is 4.96. The first kappa shape index (κ1) is 31.4. The van der Waals surface area contributed by atoms with Gasteiger partial charge in [0.2, 0.25) is 0 Å². The number of furan rings is 1. The second kappa shape index (κ2) is 12.4. The van der Waals surface area contributed by atoms with E-state index in [9.17, 15) is 0 Å². The molecule has 0 saturated carbocycles. The summed E-state index contributed by atoms with van der Waals surface area (Å²) in [5.41, 5.74) is 12.5. The Morgan fingerprint density at radius 1 is 0.708 bits per heavy atom. The molecule has 0 amide bonds. The lowest BCUT2D eigenvalue weighted by Crippen LogP contribution is -2.41. The molecule has 0 bridgehead atoms. The molecule has 0 N–H and O–H groups in total. The minimum atomic E-state index is -0.534. The number of aliphatic imine (C=N–C) groups is 1. The lowest BCUT2D eigenvalue weighted by Gasteiger charge is -2.32. The van der Waals surface area contributed by atoms with Gasteiger partial charge in [-0.3, -0.25) is 0 Å². The van der Waals surface area contributed by atoms with E-state index in [1.165, 1.54) is 0 Å². The van der Waals surface area contributed by atoms with Crippen LogP contribution in [0.2, 0.25) is 0 Å². The van der Waals surface area contributed by atoms with E-state index in [0.717, 1.165) is 66.5 Å². The first-order chi connectivity index (χ1) is 23.1. The molecule has 6 aromatic rings. The van der Waals surface area contributed by atoms with Crippen LogP contribution in [0, 0.1) is 0 Å². The van der Waals surface area contributed by atoms with Crippen LogP contribution in [-0.4, -0.2) is 24.0 Å². The minimum absolute atomic E-state index is 0.473. The summed E-state index contributed by atoms with van der Waals surface area (Å²) in [5.74, 6) is 0. The Hall–Kier alpha value is -5.19. The van der Waals surface area contributed by atoms with E-state index in [4.69, 9.17) is 18.7 Å². The van der Waals surface area contributed by atoms with Gasteiger partial charge in [0.15, 0.2) is 0 Å². The fraction of sp³-hybridized carbons (Fsp3) is 0.163. The van der Waals surface area contributed by atoms with E-state index < -0.39 is 18.3 Å². The van der Waals surface area contributed by atoms with Gasteiger partial charge in [0.25, 0.3) is 0 Å². The number of fused-ring (bicyclic) bond motifs is 3. The summed E-state index contributed by atoms with van der Waals surface area (Å²) in [5, 5.41) is 2.04. The molecule has 0 aliphatic carbocycles. The normalized spacial score (nSPS) is 15.4. The summed E-state index contributed by atoms with van der Waals surface area (Å²) in [6.07, 6.45) is 1.93. The molecule has 2 heterocycles. The third kappa shape index (κ3) is 5.89. The van der Waals surface area contributed by atoms with E-state index in [0.29, 0.717) is 5.70 Å². The van der Waals surface area contributed by atoms with Crippen LogP contribution >= 0.6 is 0 Å². The highest BCUT2D eigenvalue weighted by Crippen LogP contribution is 2.40. The molecule has 1 aromatic heterocycles. The Bertz CT molecular complexity index is 2220. The molecule has 5 aromatic carbocycles. The maximum atomic E-state index is 6.80. The highest BCUT2D eigenvalue weighted by molar-refractivity contribution is 6.62. The number of para-hydroxylation sites is 1. The molecule has 4 nitrogen and oxygen atoms in total. The van der Waals surface area contributed by atoms with E-state index >= 15 is 0 Å². The fourth-order valence-corrected chi connectivity index (χ4v) is 6.05. The van der Waals surface area contributed by atoms with E-state index in [1.807, 2.05) is 72.8 Å². The van der Waals surface area contributed by atoms with Gasteiger partial charge in [-0.1, -0.05) is 128 Å². The predicted molar refractivity (Wildman–Crippen MR) is 200 cm³/mol. The monoisotopic (exact) mass is 627 g/mol. The molecule has 1 fully saturated rings. The highest BCUT2D eigenvalue weighted by atomic mass is 16.7. The minimum Gasteiger partial charge on any atom is -0.455 e. The quantitative estimate of drug-likeness (QED) is 0.101. The van der Waals surface area contributed by atoms with Crippen LogP contribution in [0.5, 0.6) is 0 Å². The Balaban J connectivity index is 1.42. The average Bonchev–Trinajstić information content (AvgIpc) is 3.59. The number of allylic oxidation sites excluding steroid dienone is 1. The number of benzene rings is 5. The van der Waals surface area contributed by atoms with Crippen LogP contribution in [-0.2, 0) is 9.31 Å². The molecule has 1 aliphatic rings. The molecule has 0 atom stereocenters. The van der Waals surface area contributed by atoms with E-state index in [-0.39, 0.29) is 0 Å². The van der Waals surface area contributed by atoms with Crippen molar-refractivity contribution in [1.29, 1.82) is 0 Å². The average molecular weight is 628 g/mol. The fourth-order valence-electron chi connectivity index (χ4n) is 6.05. The lowest BCUT2D eigenvalue weighted by molar-refractivity contribution is 0.00578. The van der Waals surface area contributed by atoms with Crippen molar-refractivity contribution in [2.45, 2.75) is 45.8 Å². The van der Waals surface area contributed by atoms with Crippen LogP contribution in [0.25, 0.3) is 44.3 Å². The second-order valence-corrected chi connectivity index (χ2v) is 13.3. The zero-order valence-corrected chi connectivity index (χ0v) is 28.1.